The van der Waals surface area contributed by atoms with E-state index in [1.165, 1.54) is 16.4 Å². The second-order valence-corrected chi connectivity index (χ2v) is 19.7. The van der Waals surface area contributed by atoms with E-state index in [1.54, 1.807) is 107 Å². The maximum absolute atomic E-state index is 12.7. The van der Waals surface area contributed by atoms with Crippen LogP contribution in [-0.2, 0) is 28.7 Å². The molecule has 6 aromatic carbocycles. The number of nitrogens with one attached hydrogen (secondary N) is 3. The lowest BCUT2D eigenvalue weighted by molar-refractivity contribution is -0.131. The third kappa shape index (κ3) is 16.7. The van der Waals surface area contributed by atoms with Gasteiger partial charge in [0.25, 0.3) is 20.9 Å². The van der Waals surface area contributed by atoms with Gasteiger partial charge in [0.2, 0.25) is 21.8 Å². The predicted molar refractivity (Wildman–Crippen MR) is 269 cm³/mol. The average molecular weight is 1030 g/mol. The lowest BCUT2D eigenvalue weighted by Gasteiger charge is -2.34. The Morgan fingerprint density at radius 2 is 0.814 bits per heavy atom. The van der Waals surface area contributed by atoms with Crippen LogP contribution in [0.25, 0.3) is 0 Å². The summed E-state index contributed by atoms with van der Waals surface area (Å²) in [4.78, 5) is 52.9. The Morgan fingerprint density at radius 3 is 1.19 bits per heavy atom. The van der Waals surface area contributed by atoms with Crippen LogP contribution in [0.15, 0.2) is 180 Å². The Labute approximate surface area is 418 Å². The van der Waals surface area contributed by atoms with Gasteiger partial charge in [-0.05, 0) is 97.1 Å². The molecule has 0 aliphatic carbocycles. The number of halogens is 2. The highest BCUT2D eigenvalue weighted by Gasteiger charge is 2.30. The van der Waals surface area contributed by atoms with Crippen LogP contribution >= 0.6 is 23.1 Å². The number of benzene rings is 6. The summed E-state index contributed by atoms with van der Waals surface area (Å²) in [5.74, 6) is 1.73. The van der Waals surface area contributed by atoms with Gasteiger partial charge in [0.15, 0.2) is 0 Å². The first-order valence-electron chi connectivity index (χ1n) is 21.8. The number of rotatable bonds is 13. The molecule has 3 N–H and O–H groups in total. The molecule has 8 rings (SSSR count). The van der Waals surface area contributed by atoms with Crippen LogP contribution in [0.3, 0.4) is 0 Å². The molecule has 0 aromatic heterocycles. The van der Waals surface area contributed by atoms with Crippen LogP contribution in [0.2, 0.25) is 0 Å². The standard InChI is InChI=1S/C25H25N3O5S.C19H21N3O3.C6H5ClO2S.ClH/c29-24(27-15-17-28(18-16-27)34(31,32)23-9-5-2-6-10-23)19-26-25(30)20-11-13-22(14-12-20)33-21-7-3-1-4-8-21;23-18(22-12-10-20-11-13-22)14-21-19(24)15-6-8-17(9-7-15)25-16-4-2-1-3-5-16;7-10(8,9)6-4-2-1-3-5-6;/h1-14H,15-19H2,(H,26,30);1-9,20H,10-14H2,(H,21,24);1-5H;1H. The number of sulfonamides is 1. The molecule has 2 aliphatic rings. The minimum Gasteiger partial charge on any atom is -0.457 e. The first-order valence-corrected chi connectivity index (χ1v) is 25.5. The summed E-state index contributed by atoms with van der Waals surface area (Å²) < 4.78 is 59.4. The van der Waals surface area contributed by atoms with Gasteiger partial charge in [0.1, 0.15) is 23.0 Å². The molecule has 6 aromatic rings. The van der Waals surface area contributed by atoms with Crippen LogP contribution in [0.1, 0.15) is 20.7 Å². The van der Waals surface area contributed by atoms with Crippen molar-refractivity contribution >= 4 is 65.8 Å². The minimum atomic E-state index is -3.58. The van der Waals surface area contributed by atoms with Gasteiger partial charge < -0.3 is 35.2 Å². The van der Waals surface area contributed by atoms with Gasteiger partial charge in [-0.3, -0.25) is 19.2 Å². The van der Waals surface area contributed by atoms with E-state index in [-0.39, 0.29) is 85.1 Å². The molecule has 0 bridgehead atoms. The molecule has 2 heterocycles. The van der Waals surface area contributed by atoms with Gasteiger partial charge in [0.05, 0.1) is 22.9 Å². The van der Waals surface area contributed by atoms with E-state index in [0.717, 1.165) is 18.8 Å². The molecule has 70 heavy (non-hydrogen) atoms. The zero-order valence-corrected chi connectivity index (χ0v) is 41.0. The second-order valence-electron chi connectivity index (χ2n) is 15.2. The molecule has 2 saturated heterocycles. The van der Waals surface area contributed by atoms with Crippen LogP contribution in [0, 0.1) is 0 Å². The molecular weight excluding hydrogens is 980 g/mol. The maximum atomic E-state index is 12.7. The SMILES string of the molecule is Cl.O=C(NCC(=O)N1CCN(S(=O)(=O)c2ccccc2)CC1)c1ccc(Oc2ccccc2)cc1.O=C(NCC(=O)N1CCNCC1)c1ccc(Oc2ccccc2)cc1.O=S(=O)(Cl)c1ccccc1. The van der Waals surface area contributed by atoms with E-state index in [2.05, 4.69) is 16.0 Å². The smallest absolute Gasteiger partial charge is 0.261 e. The number of piperazine rings is 2. The minimum absolute atomic E-state index is 0. The van der Waals surface area contributed by atoms with Crippen LogP contribution in [-0.4, -0.2) is 120 Å². The molecule has 0 spiro atoms. The van der Waals surface area contributed by atoms with E-state index in [0.29, 0.717) is 41.5 Å². The van der Waals surface area contributed by atoms with Crippen LogP contribution < -0.4 is 25.4 Å². The molecule has 2 fully saturated rings. The van der Waals surface area contributed by atoms with Crippen molar-refractivity contribution in [2.45, 2.75) is 9.79 Å². The van der Waals surface area contributed by atoms with E-state index in [4.69, 9.17) is 20.2 Å². The number of ether oxygens (including phenoxy) is 2. The van der Waals surface area contributed by atoms with Gasteiger partial charge in [-0.25, -0.2) is 16.8 Å². The van der Waals surface area contributed by atoms with Crippen molar-refractivity contribution in [2.24, 2.45) is 0 Å². The average Bonchev–Trinajstić information content (AvgIpc) is 3.39. The number of carbonyl (C=O) groups is 4. The highest BCUT2D eigenvalue weighted by molar-refractivity contribution is 8.13. The molecule has 0 atom stereocenters. The van der Waals surface area contributed by atoms with E-state index in [9.17, 15) is 36.0 Å². The van der Waals surface area contributed by atoms with E-state index in [1.807, 2.05) is 60.7 Å². The summed E-state index contributed by atoms with van der Waals surface area (Å²) in [7, 11) is -2.08. The summed E-state index contributed by atoms with van der Waals surface area (Å²) in [5.41, 5.74) is 0.903. The Morgan fingerprint density at radius 1 is 0.471 bits per heavy atom. The molecule has 16 nitrogen and oxygen atoms in total. The summed E-state index contributed by atoms with van der Waals surface area (Å²) in [6.45, 7) is 3.76. The van der Waals surface area contributed by atoms with Crippen molar-refractivity contribution in [3.05, 3.63) is 181 Å². The Balaban J connectivity index is 0.000000221. The Kier molecular flexibility index (Phi) is 20.7. The van der Waals surface area contributed by atoms with Crippen molar-refractivity contribution in [2.75, 3.05) is 65.4 Å². The fourth-order valence-electron chi connectivity index (χ4n) is 6.75. The summed E-state index contributed by atoms with van der Waals surface area (Å²) in [5, 5.41) is 8.49. The first-order chi connectivity index (χ1) is 33.3. The summed E-state index contributed by atoms with van der Waals surface area (Å²) >= 11 is 0. The monoisotopic (exact) mass is 1030 g/mol. The Hall–Kier alpha value is -6.80. The van der Waals surface area contributed by atoms with Gasteiger partial charge in [-0.1, -0.05) is 72.8 Å². The molecule has 368 valence electrons. The molecular formula is C50H52Cl2N6O10S2. The first kappa shape index (κ1) is 54.1. The quantitative estimate of drug-likeness (QED) is 0.108. The number of amides is 4. The predicted octanol–water partition coefficient (Wildman–Crippen LogP) is 6.42. The van der Waals surface area contributed by atoms with E-state index < -0.39 is 19.1 Å². The van der Waals surface area contributed by atoms with Crippen molar-refractivity contribution in [1.82, 2.24) is 30.1 Å². The van der Waals surface area contributed by atoms with Crippen molar-refractivity contribution in [3.8, 4) is 23.0 Å². The number of carbonyl (C=O) groups excluding carboxylic acids is 4. The van der Waals surface area contributed by atoms with Gasteiger partial charge in [-0.2, -0.15) is 4.31 Å². The van der Waals surface area contributed by atoms with Crippen molar-refractivity contribution in [1.29, 1.82) is 0 Å². The largest absolute Gasteiger partial charge is 0.457 e. The molecule has 0 unspecified atom stereocenters. The number of nitrogens with zero attached hydrogens (tertiary/aromatic N) is 3. The van der Waals surface area contributed by atoms with Gasteiger partial charge in [-0.15, -0.1) is 12.4 Å². The van der Waals surface area contributed by atoms with Crippen LogP contribution in [0.5, 0.6) is 23.0 Å². The molecule has 0 radical (unpaired) electrons. The fraction of sp³-hybridized carbons (Fsp3) is 0.200. The fourth-order valence-corrected chi connectivity index (χ4v) is 8.99. The van der Waals surface area contributed by atoms with Crippen molar-refractivity contribution < 1.29 is 45.5 Å². The number of hydrogen-bond donors (Lipinski definition) is 3. The highest BCUT2D eigenvalue weighted by atomic mass is 35.7. The number of hydrogen-bond acceptors (Lipinski definition) is 11. The normalized spacial score (nSPS) is 13.6. The van der Waals surface area contributed by atoms with Crippen molar-refractivity contribution in [3.63, 3.8) is 0 Å². The highest BCUT2D eigenvalue weighted by Crippen LogP contribution is 2.23. The third-order valence-electron chi connectivity index (χ3n) is 10.5. The maximum Gasteiger partial charge on any atom is 0.261 e. The molecule has 0 saturated carbocycles. The Bertz CT molecular complexity index is 2820. The lowest BCUT2D eigenvalue weighted by atomic mass is 10.2. The summed E-state index contributed by atoms with van der Waals surface area (Å²) in [6, 6.07) is 48.3. The molecule has 20 heteroatoms. The third-order valence-corrected chi connectivity index (χ3v) is 13.7. The topological polar surface area (TPSA) is 201 Å². The second kappa shape index (κ2) is 26.8. The zero-order chi connectivity index (χ0) is 49.1. The zero-order valence-electron chi connectivity index (χ0n) is 37.8. The lowest BCUT2D eigenvalue weighted by Crippen LogP contribution is -2.52. The van der Waals surface area contributed by atoms with E-state index >= 15 is 0 Å². The van der Waals surface area contributed by atoms with Gasteiger partial charge in [0, 0.05) is 74.2 Å². The van der Waals surface area contributed by atoms with Gasteiger partial charge >= 0.3 is 0 Å². The molecule has 2 aliphatic heterocycles. The number of para-hydroxylation sites is 2. The summed E-state index contributed by atoms with van der Waals surface area (Å²) in [6.07, 6.45) is 0. The molecule has 4 amide bonds. The van der Waals surface area contributed by atoms with Crippen LogP contribution in [0.4, 0.5) is 0 Å².